The molecule has 3 heteroatoms. The fraction of sp³-hybridized carbons (Fsp3) is 0. The van der Waals surface area contributed by atoms with Gasteiger partial charge < -0.3 is 13.7 Å². The summed E-state index contributed by atoms with van der Waals surface area (Å²) in [6, 6.07) is 86.6. The molecule has 0 spiro atoms. The van der Waals surface area contributed by atoms with Gasteiger partial charge in [0.05, 0.1) is 33.1 Å². The van der Waals surface area contributed by atoms with Crippen molar-refractivity contribution in [3.63, 3.8) is 0 Å². The third-order valence-electron chi connectivity index (χ3n) is 13.0. The monoisotopic (exact) mass is 801 g/mol. The minimum absolute atomic E-state index is 1.14. The van der Waals surface area contributed by atoms with Crippen LogP contribution in [0.5, 0.6) is 0 Å². The van der Waals surface area contributed by atoms with E-state index in [-0.39, 0.29) is 0 Å². The van der Waals surface area contributed by atoms with Crippen molar-refractivity contribution >= 4 is 65.4 Å². The summed E-state index contributed by atoms with van der Waals surface area (Å²) >= 11 is 0. The van der Waals surface area contributed by atoms with E-state index in [1.54, 1.807) is 0 Å². The van der Waals surface area contributed by atoms with E-state index in [9.17, 15) is 0 Å². The van der Waals surface area contributed by atoms with Crippen molar-refractivity contribution in [1.82, 2.24) is 13.7 Å². The van der Waals surface area contributed by atoms with Crippen molar-refractivity contribution in [3.8, 4) is 50.4 Å². The molecule has 3 nitrogen and oxygen atoms in total. The molecule has 0 saturated carbocycles. The maximum absolute atomic E-state index is 2.41. The molecule has 13 rings (SSSR count). The Kier molecular flexibility index (Phi) is 7.91. The largest absolute Gasteiger partial charge is 0.309 e. The first kappa shape index (κ1) is 35.4. The number of fused-ring (bicyclic) bond motifs is 9. The Balaban J connectivity index is 1.01. The highest BCUT2D eigenvalue weighted by atomic mass is 15.0. The Hall–Kier alpha value is -8.40. The van der Waals surface area contributed by atoms with Crippen molar-refractivity contribution in [2.24, 2.45) is 0 Å². The van der Waals surface area contributed by atoms with Gasteiger partial charge in [-0.25, -0.2) is 0 Å². The lowest BCUT2D eigenvalue weighted by Gasteiger charge is -2.15. The number of benzene rings is 10. The molecule has 0 N–H and O–H groups in total. The summed E-state index contributed by atoms with van der Waals surface area (Å²) in [5.41, 5.74) is 17.6. The maximum Gasteiger partial charge on any atom is 0.0541 e. The first-order valence-corrected chi connectivity index (χ1v) is 21.7. The lowest BCUT2D eigenvalue weighted by atomic mass is 9.93. The number of nitrogens with zero attached hydrogens (tertiary/aromatic N) is 3. The molecule has 13 aromatic rings. The highest BCUT2D eigenvalue weighted by Gasteiger charge is 2.17. The SMILES string of the molecule is c1cc(-c2cc(-c3cccc(-n4c5ccccc5c5ccccc54)c3)cc(-c3cccc(-n4c5ccccc5c5ccccc54)c3)c2)cc(-n2c3ccccc3c3ccccc32)c1. The van der Waals surface area contributed by atoms with Gasteiger partial charge in [0, 0.05) is 49.4 Å². The van der Waals surface area contributed by atoms with Gasteiger partial charge in [-0.2, -0.15) is 0 Å². The molecule has 0 aliphatic rings. The zero-order chi connectivity index (χ0) is 41.4. The molecule has 294 valence electrons. The van der Waals surface area contributed by atoms with Crippen LogP contribution < -0.4 is 0 Å². The molecule has 0 aliphatic heterocycles. The van der Waals surface area contributed by atoms with Crippen LogP contribution in [0.2, 0.25) is 0 Å². The second kappa shape index (κ2) is 14.1. The van der Waals surface area contributed by atoms with E-state index in [2.05, 4.69) is 250 Å². The van der Waals surface area contributed by atoms with E-state index in [4.69, 9.17) is 0 Å². The summed E-state index contributed by atoms with van der Waals surface area (Å²) in [5, 5.41) is 7.55. The third kappa shape index (κ3) is 5.60. The van der Waals surface area contributed by atoms with Crippen molar-refractivity contribution in [1.29, 1.82) is 0 Å². The topological polar surface area (TPSA) is 14.8 Å². The molecular weight excluding hydrogens is 763 g/mol. The van der Waals surface area contributed by atoms with E-state index >= 15 is 0 Å². The summed E-state index contributed by atoms with van der Waals surface area (Å²) in [4.78, 5) is 0. The van der Waals surface area contributed by atoms with Gasteiger partial charge in [0.25, 0.3) is 0 Å². The predicted octanol–water partition coefficient (Wildman–Crippen LogP) is 16.0. The molecule has 0 unspecified atom stereocenters. The van der Waals surface area contributed by atoms with Crippen molar-refractivity contribution in [2.75, 3.05) is 0 Å². The number of aromatic nitrogens is 3. The second-order valence-electron chi connectivity index (χ2n) is 16.6. The Morgan fingerprint density at radius 3 is 0.635 bits per heavy atom. The first-order chi connectivity index (χ1) is 31.2. The van der Waals surface area contributed by atoms with E-state index in [1.165, 1.54) is 65.4 Å². The lowest BCUT2D eigenvalue weighted by molar-refractivity contribution is 1.18. The Morgan fingerprint density at radius 1 is 0.175 bits per heavy atom. The van der Waals surface area contributed by atoms with Crippen molar-refractivity contribution in [2.45, 2.75) is 0 Å². The van der Waals surface area contributed by atoms with Gasteiger partial charge in [0.15, 0.2) is 0 Å². The molecule has 0 amide bonds. The minimum Gasteiger partial charge on any atom is -0.309 e. The lowest BCUT2D eigenvalue weighted by Crippen LogP contribution is -1.96. The average Bonchev–Trinajstić information content (AvgIpc) is 4.00. The average molecular weight is 802 g/mol. The molecule has 0 saturated heterocycles. The summed E-state index contributed by atoms with van der Waals surface area (Å²) in [6.07, 6.45) is 0. The van der Waals surface area contributed by atoms with E-state index in [0.29, 0.717) is 0 Å². The van der Waals surface area contributed by atoms with Crippen LogP contribution in [-0.4, -0.2) is 13.7 Å². The Labute approximate surface area is 364 Å². The Morgan fingerprint density at radius 2 is 0.397 bits per heavy atom. The molecule has 0 fully saturated rings. The van der Waals surface area contributed by atoms with Gasteiger partial charge in [-0.3, -0.25) is 0 Å². The number of hydrogen-bond donors (Lipinski definition) is 0. The van der Waals surface area contributed by atoms with Gasteiger partial charge in [-0.15, -0.1) is 0 Å². The summed E-state index contributed by atoms with van der Waals surface area (Å²) in [7, 11) is 0. The van der Waals surface area contributed by atoms with Crippen LogP contribution in [0.4, 0.5) is 0 Å². The van der Waals surface area contributed by atoms with E-state index in [0.717, 1.165) is 50.4 Å². The minimum atomic E-state index is 1.14. The van der Waals surface area contributed by atoms with Crippen LogP contribution in [0, 0.1) is 0 Å². The van der Waals surface area contributed by atoms with Gasteiger partial charge in [0.2, 0.25) is 0 Å². The normalized spacial score (nSPS) is 11.8. The van der Waals surface area contributed by atoms with E-state index < -0.39 is 0 Å². The predicted molar refractivity (Wildman–Crippen MR) is 266 cm³/mol. The molecule has 0 bridgehead atoms. The smallest absolute Gasteiger partial charge is 0.0541 e. The first-order valence-electron chi connectivity index (χ1n) is 21.7. The summed E-state index contributed by atoms with van der Waals surface area (Å²) in [6.45, 7) is 0. The zero-order valence-electron chi connectivity index (χ0n) is 34.4. The standard InChI is InChI=1S/C60H39N3/c1-7-28-55-49(22-1)50-23-2-8-29-56(50)61(55)46-19-13-16-40(37-46)43-34-44(41-17-14-20-47(38-41)62-57-30-9-3-24-51(57)52-25-4-10-31-58(52)62)36-45(35-43)42-18-15-21-48(39-42)63-59-32-11-5-26-53(59)54-27-6-12-33-60(54)63/h1-39H. The summed E-state index contributed by atoms with van der Waals surface area (Å²) in [5.74, 6) is 0. The molecule has 3 aromatic heterocycles. The molecule has 63 heavy (non-hydrogen) atoms. The van der Waals surface area contributed by atoms with Gasteiger partial charge in [-0.05, 0) is 124 Å². The third-order valence-corrected chi connectivity index (χ3v) is 13.0. The van der Waals surface area contributed by atoms with Crippen LogP contribution in [0.15, 0.2) is 237 Å². The summed E-state index contributed by atoms with van der Waals surface area (Å²) < 4.78 is 7.22. The highest BCUT2D eigenvalue weighted by molar-refractivity contribution is 6.11. The van der Waals surface area contributed by atoms with Crippen LogP contribution in [0.1, 0.15) is 0 Å². The molecule has 0 radical (unpaired) electrons. The maximum atomic E-state index is 2.41. The van der Waals surface area contributed by atoms with Crippen LogP contribution >= 0.6 is 0 Å². The highest BCUT2D eigenvalue weighted by Crippen LogP contribution is 2.39. The molecule has 0 atom stereocenters. The molecule has 3 heterocycles. The number of rotatable bonds is 6. The van der Waals surface area contributed by atoms with Crippen LogP contribution in [0.25, 0.3) is 116 Å². The number of para-hydroxylation sites is 6. The van der Waals surface area contributed by atoms with E-state index in [1.807, 2.05) is 0 Å². The molecule has 0 aliphatic carbocycles. The Bertz CT molecular complexity index is 3350. The number of hydrogen-bond acceptors (Lipinski definition) is 0. The fourth-order valence-corrected chi connectivity index (χ4v) is 10.2. The van der Waals surface area contributed by atoms with Crippen molar-refractivity contribution < 1.29 is 0 Å². The fourth-order valence-electron chi connectivity index (χ4n) is 10.2. The molecular formula is C60H39N3. The van der Waals surface area contributed by atoms with Crippen molar-refractivity contribution in [3.05, 3.63) is 237 Å². The molecule has 10 aromatic carbocycles. The van der Waals surface area contributed by atoms with Crippen LogP contribution in [0.3, 0.4) is 0 Å². The second-order valence-corrected chi connectivity index (χ2v) is 16.6. The van der Waals surface area contributed by atoms with Gasteiger partial charge in [-0.1, -0.05) is 146 Å². The zero-order valence-corrected chi connectivity index (χ0v) is 34.4. The quantitative estimate of drug-likeness (QED) is 0.159. The van der Waals surface area contributed by atoms with Gasteiger partial charge >= 0.3 is 0 Å². The van der Waals surface area contributed by atoms with Gasteiger partial charge in [0.1, 0.15) is 0 Å². The van der Waals surface area contributed by atoms with Crippen LogP contribution in [-0.2, 0) is 0 Å².